The number of fused-ring (bicyclic) bond motifs is 2. The fourth-order valence-corrected chi connectivity index (χ4v) is 6.06. The van der Waals surface area contributed by atoms with E-state index in [0.717, 1.165) is 18.1 Å². The number of aromatic amines is 1. The second kappa shape index (κ2) is 14.7. The number of hydrogen-bond donors (Lipinski definition) is 1. The number of amides is 2. The zero-order valence-corrected chi connectivity index (χ0v) is 27.4. The number of benzene rings is 1. The average Bonchev–Trinajstić information content (AvgIpc) is 3.57. The summed E-state index contributed by atoms with van der Waals surface area (Å²) in [5, 5.41) is 0. The summed E-state index contributed by atoms with van der Waals surface area (Å²) in [6.45, 7) is 4.16. The number of rotatable bonds is 13. The summed E-state index contributed by atoms with van der Waals surface area (Å²) in [5.74, 6) is -0.508. The van der Waals surface area contributed by atoms with Crippen molar-refractivity contribution in [2.45, 2.75) is 45.7 Å². The molecule has 1 aliphatic heterocycles. The zero-order chi connectivity index (χ0) is 34.5. The molecule has 1 N–H and O–H groups in total. The van der Waals surface area contributed by atoms with E-state index < -0.39 is 23.1 Å². The molecule has 6 rings (SSSR count). The smallest absolute Gasteiger partial charge is 0.332 e. The first kappa shape index (κ1) is 33.4. The van der Waals surface area contributed by atoms with E-state index in [2.05, 4.69) is 19.9 Å². The maximum absolute atomic E-state index is 13.7. The molecule has 0 spiro atoms. The molecule has 0 radical (unpaired) electrons. The van der Waals surface area contributed by atoms with Crippen molar-refractivity contribution in [3.8, 4) is 11.4 Å². The Morgan fingerprint density at radius 2 is 1.82 bits per heavy atom. The molecule has 254 valence electrons. The molecule has 0 bridgehead atoms. The lowest BCUT2D eigenvalue weighted by Gasteiger charge is -2.29. The van der Waals surface area contributed by atoms with Crippen molar-refractivity contribution in [2.75, 3.05) is 38.3 Å². The monoisotopic (exact) mass is 668 g/mol. The molecule has 1 aliphatic rings. The summed E-state index contributed by atoms with van der Waals surface area (Å²) >= 11 is 0. The molecule has 1 aromatic carbocycles. The van der Waals surface area contributed by atoms with Gasteiger partial charge in [0.15, 0.2) is 5.65 Å². The minimum absolute atomic E-state index is 0.0404. The van der Waals surface area contributed by atoms with Crippen LogP contribution in [0.15, 0.2) is 70.5 Å². The second-order valence-corrected chi connectivity index (χ2v) is 11.8. The van der Waals surface area contributed by atoms with E-state index in [-0.39, 0.29) is 35.7 Å². The van der Waals surface area contributed by atoms with Crippen LogP contribution in [0.3, 0.4) is 0 Å². The Labute approximate surface area is 281 Å². The first-order valence-corrected chi connectivity index (χ1v) is 16.3. The third kappa shape index (κ3) is 6.90. The molecule has 49 heavy (non-hydrogen) atoms. The highest BCUT2D eigenvalue weighted by Crippen LogP contribution is 2.23. The number of carbonyl (C=O) groups is 2. The fraction of sp³-hybridized carbons (Fsp3) is 0.343. The molecular formula is C35H37FN8O5. The van der Waals surface area contributed by atoms with Crippen LogP contribution in [0.4, 0.5) is 10.2 Å². The van der Waals surface area contributed by atoms with Gasteiger partial charge in [0.05, 0.1) is 5.56 Å². The second-order valence-electron chi connectivity index (χ2n) is 11.8. The van der Waals surface area contributed by atoms with Crippen LogP contribution in [0.25, 0.3) is 22.6 Å². The van der Waals surface area contributed by atoms with Crippen molar-refractivity contribution in [2.24, 2.45) is 0 Å². The Morgan fingerprint density at radius 1 is 0.980 bits per heavy atom. The number of ether oxygens (including phenoxy) is 1. The van der Waals surface area contributed by atoms with Gasteiger partial charge in [-0.1, -0.05) is 25.1 Å². The quantitative estimate of drug-likeness (QED) is 0.148. The molecule has 13 nitrogen and oxygen atoms in total. The average molecular weight is 669 g/mol. The highest BCUT2D eigenvalue weighted by molar-refractivity contribution is 6.05. The molecule has 0 fully saturated rings. The van der Waals surface area contributed by atoms with Crippen molar-refractivity contribution in [3.05, 3.63) is 104 Å². The molecule has 0 saturated carbocycles. The van der Waals surface area contributed by atoms with Crippen LogP contribution in [0, 0.1) is 5.95 Å². The highest BCUT2D eigenvalue weighted by Gasteiger charge is 2.25. The molecule has 5 aromatic rings. The van der Waals surface area contributed by atoms with Gasteiger partial charge in [-0.2, -0.15) is 4.39 Å². The van der Waals surface area contributed by atoms with Crippen molar-refractivity contribution in [3.63, 3.8) is 0 Å². The Kier molecular flexibility index (Phi) is 10.0. The minimum atomic E-state index is -0.703. The minimum Gasteiger partial charge on any atom is -0.385 e. The number of anilines is 1. The number of imidazole rings is 1. The number of aromatic nitrogens is 6. The number of pyridine rings is 2. The Balaban J connectivity index is 1.27. The third-order valence-corrected chi connectivity index (χ3v) is 8.55. The van der Waals surface area contributed by atoms with Gasteiger partial charge in [-0.15, -0.1) is 0 Å². The van der Waals surface area contributed by atoms with Crippen LogP contribution < -0.4 is 16.1 Å². The summed E-state index contributed by atoms with van der Waals surface area (Å²) in [5.41, 5.74) is 2.01. The van der Waals surface area contributed by atoms with E-state index in [1.54, 1.807) is 24.1 Å². The topological polar surface area (TPSA) is 148 Å². The van der Waals surface area contributed by atoms with Crippen molar-refractivity contribution in [1.29, 1.82) is 0 Å². The van der Waals surface area contributed by atoms with Crippen molar-refractivity contribution in [1.82, 2.24) is 34.0 Å². The van der Waals surface area contributed by atoms with Gasteiger partial charge < -0.3 is 14.6 Å². The van der Waals surface area contributed by atoms with Gasteiger partial charge in [-0.25, -0.2) is 19.7 Å². The highest BCUT2D eigenvalue weighted by atomic mass is 19.1. The lowest BCUT2D eigenvalue weighted by atomic mass is 9.99. The van der Waals surface area contributed by atoms with Crippen LogP contribution in [0.2, 0.25) is 0 Å². The summed E-state index contributed by atoms with van der Waals surface area (Å²) in [7, 11) is 1.58. The molecule has 0 saturated heterocycles. The van der Waals surface area contributed by atoms with Gasteiger partial charge in [0.25, 0.3) is 17.4 Å². The molecular weight excluding hydrogens is 631 g/mol. The molecule has 2 amide bonds. The Hall–Kier alpha value is -5.50. The standard InChI is InChI=1S/C35H37FN8O5/c1-3-15-44-34(47)29-31(43(35(44)48)18-7-20-49-2)40-30(39-29)24-11-13-28(38-21-24)42(32(45)25-10-12-27(36)37-22-25)17-6-16-41-19-14-23-8-4-5-9-26(23)33(41)46/h4-5,8-13,21-22H,3,6-7,14-20H2,1-2H3,(H,39,40). The summed E-state index contributed by atoms with van der Waals surface area (Å²) in [6, 6.07) is 13.4. The van der Waals surface area contributed by atoms with E-state index in [4.69, 9.17) is 4.74 Å². The van der Waals surface area contributed by atoms with E-state index >= 15 is 0 Å². The maximum Gasteiger partial charge on any atom is 0.332 e. The number of methoxy groups -OCH3 is 1. The van der Waals surface area contributed by atoms with Gasteiger partial charge in [0.1, 0.15) is 17.2 Å². The SMILES string of the molecule is CCCn1c(=O)c2[nH]c(-c3ccc(N(CCCN4CCc5ccccc5C4=O)C(=O)c4ccc(F)nc4)nc3)nc2n(CCCOC)c1=O. The number of carbonyl (C=O) groups excluding carboxylic acids is 2. The lowest BCUT2D eigenvalue weighted by Crippen LogP contribution is -2.40. The Morgan fingerprint density at radius 3 is 2.55 bits per heavy atom. The van der Waals surface area contributed by atoms with E-state index in [0.29, 0.717) is 68.3 Å². The maximum atomic E-state index is 13.7. The van der Waals surface area contributed by atoms with Crippen molar-refractivity contribution >= 4 is 28.8 Å². The summed E-state index contributed by atoms with van der Waals surface area (Å²) in [6.07, 6.45) is 5.09. The van der Waals surface area contributed by atoms with Crippen LogP contribution in [0.1, 0.15) is 52.5 Å². The number of aryl methyl sites for hydroxylation is 1. The van der Waals surface area contributed by atoms with E-state index in [1.807, 2.05) is 31.2 Å². The van der Waals surface area contributed by atoms with E-state index in [9.17, 15) is 23.6 Å². The van der Waals surface area contributed by atoms with Gasteiger partial charge in [-0.3, -0.25) is 28.4 Å². The molecule has 4 aromatic heterocycles. The van der Waals surface area contributed by atoms with Gasteiger partial charge in [0, 0.05) is 70.0 Å². The van der Waals surface area contributed by atoms with Gasteiger partial charge in [0.2, 0.25) is 5.95 Å². The van der Waals surface area contributed by atoms with Crippen molar-refractivity contribution < 1.29 is 18.7 Å². The molecule has 0 unspecified atom stereocenters. The molecule has 0 atom stereocenters. The lowest BCUT2D eigenvalue weighted by molar-refractivity contribution is 0.0738. The number of nitrogens with zero attached hydrogens (tertiary/aromatic N) is 7. The van der Waals surface area contributed by atoms with E-state index in [1.165, 1.54) is 32.5 Å². The zero-order valence-electron chi connectivity index (χ0n) is 27.4. The summed E-state index contributed by atoms with van der Waals surface area (Å²) in [4.78, 5) is 72.5. The number of hydrogen-bond acceptors (Lipinski definition) is 8. The normalized spacial score (nSPS) is 12.8. The van der Waals surface area contributed by atoms with Gasteiger partial charge >= 0.3 is 5.69 Å². The van der Waals surface area contributed by atoms with Crippen LogP contribution in [0.5, 0.6) is 0 Å². The first-order valence-electron chi connectivity index (χ1n) is 16.3. The predicted molar refractivity (Wildman–Crippen MR) is 181 cm³/mol. The number of halogens is 1. The molecule has 0 aliphatic carbocycles. The first-order chi connectivity index (χ1) is 23.8. The number of H-pyrrole nitrogens is 1. The predicted octanol–water partition coefficient (Wildman–Crippen LogP) is 3.66. The van der Waals surface area contributed by atoms with Crippen LogP contribution in [-0.4, -0.2) is 79.1 Å². The van der Waals surface area contributed by atoms with Gasteiger partial charge in [-0.05, 0) is 61.6 Å². The third-order valence-electron chi connectivity index (χ3n) is 8.55. The Bertz CT molecular complexity index is 2090. The number of nitrogens with one attached hydrogen (secondary N) is 1. The molecule has 14 heteroatoms. The van der Waals surface area contributed by atoms with Crippen LogP contribution in [-0.2, 0) is 24.2 Å². The van der Waals surface area contributed by atoms with Crippen LogP contribution >= 0.6 is 0 Å². The largest absolute Gasteiger partial charge is 0.385 e. The molecule has 5 heterocycles. The fourth-order valence-electron chi connectivity index (χ4n) is 6.06. The summed E-state index contributed by atoms with van der Waals surface area (Å²) < 4.78 is 21.4.